The molecule has 0 unspecified atom stereocenters. The van der Waals surface area contributed by atoms with Crippen LogP contribution in [0.15, 0.2) is 128 Å². The van der Waals surface area contributed by atoms with Crippen molar-refractivity contribution < 1.29 is 17.6 Å². The van der Waals surface area contributed by atoms with Crippen molar-refractivity contribution in [3.8, 4) is 44.5 Å². The Labute approximate surface area is 223 Å². The summed E-state index contributed by atoms with van der Waals surface area (Å²) in [6.07, 6.45) is -2.49. The third-order valence-corrected chi connectivity index (χ3v) is 6.84. The van der Waals surface area contributed by atoms with E-state index in [0.29, 0.717) is 0 Å². The number of fused-ring (bicyclic) bond motifs is 1. The van der Waals surface area contributed by atoms with E-state index in [1.165, 1.54) is 24.3 Å². The van der Waals surface area contributed by atoms with Crippen LogP contribution in [-0.4, -0.2) is 4.98 Å². The summed E-state index contributed by atoms with van der Waals surface area (Å²) in [5.74, 6) is -0.254. The van der Waals surface area contributed by atoms with E-state index in [9.17, 15) is 17.6 Å². The van der Waals surface area contributed by atoms with E-state index in [4.69, 9.17) is 4.98 Å². The van der Waals surface area contributed by atoms with E-state index in [2.05, 4.69) is 6.07 Å². The third-order valence-electron chi connectivity index (χ3n) is 6.84. The summed E-state index contributed by atoms with van der Waals surface area (Å²) in [7, 11) is 0. The van der Waals surface area contributed by atoms with Crippen molar-refractivity contribution in [2.75, 3.05) is 0 Å². The molecular weight excluding hydrogens is 498 g/mol. The lowest BCUT2D eigenvalue weighted by molar-refractivity contribution is -0.137. The number of halogens is 4. The number of aromatic nitrogens is 1. The molecule has 190 valence electrons. The number of rotatable bonds is 4. The average molecular weight is 520 g/mol. The van der Waals surface area contributed by atoms with Gasteiger partial charge in [-0.2, -0.15) is 13.2 Å². The van der Waals surface area contributed by atoms with Gasteiger partial charge in [-0.05, 0) is 75.3 Å². The number of nitrogens with zero attached hydrogens (tertiary/aromatic N) is 1. The lowest BCUT2D eigenvalue weighted by Gasteiger charge is -2.09. The summed E-state index contributed by atoms with van der Waals surface area (Å²) in [4.78, 5) is 4.69. The molecule has 0 saturated heterocycles. The van der Waals surface area contributed by atoms with Crippen LogP contribution in [0.5, 0.6) is 0 Å². The molecular formula is C34H21F4N. The Balaban J connectivity index is 1.22. The highest BCUT2D eigenvalue weighted by Crippen LogP contribution is 2.33. The fourth-order valence-electron chi connectivity index (χ4n) is 4.66. The van der Waals surface area contributed by atoms with Crippen molar-refractivity contribution in [3.05, 3.63) is 139 Å². The van der Waals surface area contributed by atoms with Crippen LogP contribution in [0.25, 0.3) is 55.4 Å². The molecule has 0 N–H and O–H groups in total. The first-order valence-electron chi connectivity index (χ1n) is 12.4. The van der Waals surface area contributed by atoms with Gasteiger partial charge in [0.25, 0.3) is 0 Å². The first-order chi connectivity index (χ1) is 18.8. The summed E-state index contributed by atoms with van der Waals surface area (Å²) < 4.78 is 51.8. The quantitative estimate of drug-likeness (QED) is 0.211. The maximum absolute atomic E-state index is 13.2. The Kier molecular flexibility index (Phi) is 6.20. The van der Waals surface area contributed by atoms with Gasteiger partial charge in [-0.15, -0.1) is 0 Å². The minimum absolute atomic E-state index is 0.254. The second-order valence-corrected chi connectivity index (χ2v) is 9.37. The summed E-state index contributed by atoms with van der Waals surface area (Å²) in [5.41, 5.74) is 7.80. The lowest BCUT2D eigenvalue weighted by atomic mass is 9.98. The number of hydrogen-bond donors (Lipinski definition) is 0. The van der Waals surface area contributed by atoms with Crippen LogP contribution in [0.3, 0.4) is 0 Å². The van der Waals surface area contributed by atoms with Crippen molar-refractivity contribution in [3.63, 3.8) is 0 Å². The van der Waals surface area contributed by atoms with Crippen LogP contribution in [0.2, 0.25) is 0 Å². The molecule has 1 nitrogen and oxygen atoms in total. The molecule has 0 amide bonds. The van der Waals surface area contributed by atoms with Crippen LogP contribution >= 0.6 is 0 Å². The van der Waals surface area contributed by atoms with Crippen LogP contribution < -0.4 is 0 Å². The molecule has 0 aliphatic carbocycles. The summed E-state index contributed by atoms with van der Waals surface area (Å²) in [5, 5.41) is 1.01. The van der Waals surface area contributed by atoms with Crippen molar-refractivity contribution in [1.29, 1.82) is 0 Å². The number of benzene rings is 5. The van der Waals surface area contributed by atoms with E-state index in [0.717, 1.165) is 67.5 Å². The van der Waals surface area contributed by atoms with Crippen LogP contribution in [0.4, 0.5) is 17.6 Å². The van der Waals surface area contributed by atoms with Gasteiger partial charge in [0.1, 0.15) is 5.82 Å². The molecule has 0 aliphatic rings. The fraction of sp³-hybridized carbons (Fsp3) is 0.0294. The second kappa shape index (κ2) is 9.84. The van der Waals surface area contributed by atoms with Crippen molar-refractivity contribution in [2.45, 2.75) is 6.18 Å². The third kappa shape index (κ3) is 5.16. The van der Waals surface area contributed by atoms with E-state index in [1.54, 1.807) is 12.1 Å². The highest BCUT2D eigenvalue weighted by Gasteiger charge is 2.29. The molecule has 1 heterocycles. The summed E-state index contributed by atoms with van der Waals surface area (Å²) in [6.45, 7) is 0. The van der Waals surface area contributed by atoms with Gasteiger partial charge in [0.2, 0.25) is 0 Å². The van der Waals surface area contributed by atoms with E-state index in [-0.39, 0.29) is 5.82 Å². The van der Waals surface area contributed by atoms with Crippen molar-refractivity contribution in [1.82, 2.24) is 4.98 Å². The van der Waals surface area contributed by atoms with Gasteiger partial charge in [-0.25, -0.2) is 4.39 Å². The Morgan fingerprint density at radius 3 is 1.36 bits per heavy atom. The first-order valence-corrected chi connectivity index (χ1v) is 12.4. The smallest absolute Gasteiger partial charge is 0.256 e. The van der Waals surface area contributed by atoms with Gasteiger partial charge in [0.15, 0.2) is 0 Å². The normalized spacial score (nSPS) is 11.6. The largest absolute Gasteiger partial charge is 0.416 e. The van der Waals surface area contributed by atoms with E-state index < -0.39 is 11.7 Å². The molecule has 5 aromatic carbocycles. The highest BCUT2D eigenvalue weighted by molar-refractivity contribution is 5.88. The van der Waals surface area contributed by atoms with Crippen LogP contribution in [0, 0.1) is 5.82 Å². The average Bonchev–Trinajstić information content (AvgIpc) is 2.97. The molecule has 0 spiro atoms. The molecule has 0 radical (unpaired) electrons. The molecule has 0 bridgehead atoms. The highest BCUT2D eigenvalue weighted by atomic mass is 19.4. The van der Waals surface area contributed by atoms with Crippen LogP contribution in [0.1, 0.15) is 5.56 Å². The second-order valence-electron chi connectivity index (χ2n) is 9.37. The summed E-state index contributed by atoms with van der Waals surface area (Å²) >= 11 is 0. The molecule has 39 heavy (non-hydrogen) atoms. The molecule has 0 saturated carbocycles. The van der Waals surface area contributed by atoms with E-state index in [1.807, 2.05) is 72.9 Å². The molecule has 6 aromatic rings. The Bertz CT molecular complexity index is 1750. The van der Waals surface area contributed by atoms with Gasteiger partial charge < -0.3 is 0 Å². The number of pyridine rings is 1. The zero-order chi connectivity index (χ0) is 27.0. The minimum Gasteiger partial charge on any atom is -0.256 e. The van der Waals surface area contributed by atoms with Gasteiger partial charge >= 0.3 is 6.18 Å². The van der Waals surface area contributed by atoms with Gasteiger partial charge in [0.05, 0.1) is 11.1 Å². The summed E-state index contributed by atoms with van der Waals surface area (Å²) in [6, 6.07) is 35.7. The fourth-order valence-corrected chi connectivity index (χ4v) is 4.66. The molecule has 0 atom stereocenters. The predicted molar refractivity (Wildman–Crippen MR) is 148 cm³/mol. The lowest BCUT2D eigenvalue weighted by Crippen LogP contribution is -2.03. The van der Waals surface area contributed by atoms with Gasteiger partial charge in [-0.1, -0.05) is 84.9 Å². The zero-order valence-electron chi connectivity index (χ0n) is 20.6. The molecule has 5 heteroatoms. The SMILES string of the molecule is Fc1ccc(-c2ccc(-c3cnc4cc(-c5ccc(-c6ccc(C(F)(F)F)cc6)cc5)ccc4c3)cc2)cc1. The monoisotopic (exact) mass is 519 g/mol. The standard InChI is InChI=1S/C34H21F4N/c35-32-17-13-25(14-18-32)23-3-7-27(8-4-23)30-19-29-10-9-28(20-33(29)39-21-30)26-5-1-22(2-6-26)24-11-15-31(16-12-24)34(36,37)38/h1-21H. The van der Waals surface area contributed by atoms with E-state index >= 15 is 0 Å². The molecule has 0 fully saturated rings. The molecule has 0 aliphatic heterocycles. The Morgan fingerprint density at radius 2 is 0.846 bits per heavy atom. The maximum Gasteiger partial charge on any atom is 0.416 e. The minimum atomic E-state index is -4.34. The topological polar surface area (TPSA) is 12.9 Å². The van der Waals surface area contributed by atoms with Crippen molar-refractivity contribution >= 4 is 10.9 Å². The maximum atomic E-state index is 13.2. The zero-order valence-corrected chi connectivity index (χ0v) is 20.6. The number of hydrogen-bond acceptors (Lipinski definition) is 1. The predicted octanol–water partition coefficient (Wildman–Crippen LogP) is 10.1. The number of alkyl halides is 3. The van der Waals surface area contributed by atoms with Gasteiger partial charge in [0, 0.05) is 17.1 Å². The van der Waals surface area contributed by atoms with Gasteiger partial charge in [-0.3, -0.25) is 4.98 Å². The van der Waals surface area contributed by atoms with Crippen LogP contribution in [-0.2, 0) is 6.18 Å². The Morgan fingerprint density at radius 1 is 0.436 bits per heavy atom. The molecule has 1 aromatic heterocycles. The Hall–Kier alpha value is -4.77. The first kappa shape index (κ1) is 24.6. The van der Waals surface area contributed by atoms with Crippen molar-refractivity contribution in [2.24, 2.45) is 0 Å². The molecule has 6 rings (SSSR count).